The van der Waals surface area contributed by atoms with Crippen LogP contribution in [-0.4, -0.2) is 10.9 Å². The van der Waals surface area contributed by atoms with Crippen molar-refractivity contribution >= 4 is 5.91 Å². The number of carbonyl (C=O) groups is 1. The quantitative estimate of drug-likeness (QED) is 0.712. The standard InChI is InChI=1S/C19H14F2N2O2/c20-15-3-7-17(8-4-15)25-16-5-1-13(2-6-16)12-23-19(24)14-9-10-22-18(21)11-14/h1-11H,12H2,(H,23,24). The smallest absolute Gasteiger partial charge is 0.251 e. The maximum atomic E-state index is 13.0. The highest BCUT2D eigenvalue weighted by Crippen LogP contribution is 2.21. The van der Waals surface area contributed by atoms with Crippen LogP contribution in [0.2, 0.25) is 0 Å². The molecule has 0 fully saturated rings. The lowest BCUT2D eigenvalue weighted by molar-refractivity contribution is 0.0950. The number of rotatable bonds is 5. The molecule has 1 heterocycles. The summed E-state index contributed by atoms with van der Waals surface area (Å²) < 4.78 is 31.5. The predicted octanol–water partition coefficient (Wildman–Crippen LogP) is 4.08. The summed E-state index contributed by atoms with van der Waals surface area (Å²) in [6, 6.07) is 15.3. The van der Waals surface area contributed by atoms with Gasteiger partial charge in [0.2, 0.25) is 5.95 Å². The van der Waals surface area contributed by atoms with Gasteiger partial charge in [0.15, 0.2) is 0 Å². The fourth-order valence-electron chi connectivity index (χ4n) is 2.14. The zero-order valence-corrected chi connectivity index (χ0v) is 13.1. The van der Waals surface area contributed by atoms with Gasteiger partial charge >= 0.3 is 0 Å². The van der Waals surface area contributed by atoms with Gasteiger partial charge in [0, 0.05) is 24.4 Å². The molecular weight excluding hydrogens is 326 g/mol. The van der Waals surface area contributed by atoms with Crippen molar-refractivity contribution < 1.29 is 18.3 Å². The molecule has 0 aliphatic carbocycles. The summed E-state index contributed by atoms with van der Waals surface area (Å²) in [5.74, 6) is -0.282. The predicted molar refractivity (Wildman–Crippen MR) is 88.3 cm³/mol. The van der Waals surface area contributed by atoms with Crippen molar-refractivity contribution in [2.75, 3.05) is 0 Å². The van der Waals surface area contributed by atoms with E-state index in [2.05, 4.69) is 10.3 Å². The minimum Gasteiger partial charge on any atom is -0.457 e. The largest absolute Gasteiger partial charge is 0.457 e. The second-order valence-corrected chi connectivity index (χ2v) is 5.25. The Hall–Kier alpha value is -3.28. The Labute approximate surface area is 143 Å². The van der Waals surface area contributed by atoms with Gasteiger partial charge in [-0.25, -0.2) is 9.37 Å². The van der Waals surface area contributed by atoms with Crippen LogP contribution in [0.25, 0.3) is 0 Å². The van der Waals surface area contributed by atoms with Crippen molar-refractivity contribution in [3.8, 4) is 11.5 Å². The van der Waals surface area contributed by atoms with Crippen molar-refractivity contribution in [3.05, 3.63) is 89.8 Å². The number of benzene rings is 2. The molecule has 3 rings (SSSR count). The second-order valence-electron chi connectivity index (χ2n) is 5.25. The number of pyridine rings is 1. The number of aromatic nitrogens is 1. The molecule has 126 valence electrons. The average molecular weight is 340 g/mol. The summed E-state index contributed by atoms with van der Waals surface area (Å²) in [4.78, 5) is 15.4. The highest BCUT2D eigenvalue weighted by Gasteiger charge is 2.07. The SMILES string of the molecule is O=C(NCc1ccc(Oc2ccc(F)cc2)cc1)c1ccnc(F)c1. The number of hydrogen-bond donors (Lipinski definition) is 1. The Morgan fingerprint density at radius 3 is 2.24 bits per heavy atom. The number of nitrogens with zero attached hydrogens (tertiary/aromatic N) is 1. The molecule has 0 aliphatic rings. The van der Waals surface area contributed by atoms with Crippen molar-refractivity contribution in [1.29, 1.82) is 0 Å². The molecule has 25 heavy (non-hydrogen) atoms. The maximum absolute atomic E-state index is 13.0. The van der Waals surface area contributed by atoms with Crippen LogP contribution in [0.5, 0.6) is 11.5 Å². The molecule has 1 amide bonds. The molecule has 3 aromatic rings. The van der Waals surface area contributed by atoms with Crippen LogP contribution < -0.4 is 10.1 Å². The van der Waals surface area contributed by atoms with Crippen LogP contribution in [0.4, 0.5) is 8.78 Å². The molecule has 0 aliphatic heterocycles. The van der Waals surface area contributed by atoms with E-state index < -0.39 is 5.95 Å². The van der Waals surface area contributed by atoms with Gasteiger partial charge in [0.05, 0.1) is 0 Å². The number of amides is 1. The van der Waals surface area contributed by atoms with E-state index in [1.807, 2.05) is 0 Å². The third-order valence-corrected chi connectivity index (χ3v) is 3.41. The summed E-state index contributed by atoms with van der Waals surface area (Å²) in [5.41, 5.74) is 1.07. The molecule has 0 radical (unpaired) electrons. The van der Waals surface area contributed by atoms with Crippen molar-refractivity contribution in [2.24, 2.45) is 0 Å². The summed E-state index contributed by atoms with van der Waals surface area (Å²) in [7, 11) is 0. The molecule has 2 aromatic carbocycles. The molecule has 0 atom stereocenters. The maximum Gasteiger partial charge on any atom is 0.251 e. The van der Waals surface area contributed by atoms with E-state index in [4.69, 9.17) is 4.74 Å². The first kappa shape index (κ1) is 16.6. The third kappa shape index (κ3) is 4.60. The molecular formula is C19H14F2N2O2. The first-order valence-electron chi connectivity index (χ1n) is 7.52. The highest BCUT2D eigenvalue weighted by molar-refractivity contribution is 5.93. The van der Waals surface area contributed by atoms with E-state index in [0.717, 1.165) is 11.6 Å². The first-order chi connectivity index (χ1) is 12.1. The Balaban J connectivity index is 1.57. The Kier molecular flexibility index (Phi) is 4.99. The van der Waals surface area contributed by atoms with Gasteiger partial charge in [-0.3, -0.25) is 4.79 Å². The highest BCUT2D eigenvalue weighted by atomic mass is 19.1. The lowest BCUT2D eigenvalue weighted by atomic mass is 10.2. The van der Waals surface area contributed by atoms with Crippen LogP contribution in [0, 0.1) is 11.8 Å². The van der Waals surface area contributed by atoms with E-state index in [-0.39, 0.29) is 17.3 Å². The zero-order valence-electron chi connectivity index (χ0n) is 13.1. The van der Waals surface area contributed by atoms with Gasteiger partial charge < -0.3 is 10.1 Å². The van der Waals surface area contributed by atoms with Crippen molar-refractivity contribution in [1.82, 2.24) is 10.3 Å². The number of carbonyl (C=O) groups excluding carboxylic acids is 1. The lowest BCUT2D eigenvalue weighted by Gasteiger charge is -2.08. The minimum atomic E-state index is -0.699. The molecule has 0 unspecified atom stereocenters. The van der Waals surface area contributed by atoms with Crippen molar-refractivity contribution in [3.63, 3.8) is 0 Å². The van der Waals surface area contributed by atoms with Gasteiger partial charge in [-0.05, 0) is 48.0 Å². The van der Waals surface area contributed by atoms with Crippen LogP contribution in [-0.2, 0) is 6.54 Å². The molecule has 0 bridgehead atoms. The van der Waals surface area contributed by atoms with E-state index in [1.165, 1.54) is 36.5 Å². The third-order valence-electron chi connectivity index (χ3n) is 3.41. The molecule has 6 heteroatoms. The number of ether oxygens (including phenoxy) is 1. The monoisotopic (exact) mass is 340 g/mol. The fourth-order valence-corrected chi connectivity index (χ4v) is 2.14. The fraction of sp³-hybridized carbons (Fsp3) is 0.0526. The van der Waals surface area contributed by atoms with Gasteiger partial charge in [-0.15, -0.1) is 0 Å². The number of nitrogens with one attached hydrogen (secondary N) is 1. The van der Waals surface area contributed by atoms with E-state index in [0.29, 0.717) is 18.0 Å². The zero-order chi connectivity index (χ0) is 17.6. The van der Waals surface area contributed by atoms with Crippen molar-refractivity contribution in [2.45, 2.75) is 6.54 Å². The average Bonchev–Trinajstić information content (AvgIpc) is 2.63. The molecule has 0 spiro atoms. The van der Waals surface area contributed by atoms with Gasteiger partial charge in [-0.1, -0.05) is 12.1 Å². The summed E-state index contributed by atoms with van der Waals surface area (Å²) in [5, 5.41) is 2.70. The van der Waals surface area contributed by atoms with Gasteiger partial charge in [0.1, 0.15) is 17.3 Å². The molecule has 1 aromatic heterocycles. The van der Waals surface area contributed by atoms with Crippen LogP contribution in [0.15, 0.2) is 66.9 Å². The summed E-state index contributed by atoms with van der Waals surface area (Å²) in [6.45, 7) is 0.291. The van der Waals surface area contributed by atoms with Crippen LogP contribution in [0.3, 0.4) is 0 Å². The molecule has 0 saturated heterocycles. The molecule has 1 N–H and O–H groups in total. The van der Waals surface area contributed by atoms with E-state index in [9.17, 15) is 13.6 Å². The number of hydrogen-bond acceptors (Lipinski definition) is 3. The first-order valence-corrected chi connectivity index (χ1v) is 7.52. The molecule has 4 nitrogen and oxygen atoms in total. The Bertz CT molecular complexity index is 865. The molecule has 0 saturated carbocycles. The normalized spacial score (nSPS) is 10.3. The van der Waals surface area contributed by atoms with Gasteiger partial charge in [0.25, 0.3) is 5.91 Å². The minimum absolute atomic E-state index is 0.212. The Morgan fingerprint density at radius 1 is 0.960 bits per heavy atom. The Morgan fingerprint density at radius 2 is 1.60 bits per heavy atom. The summed E-state index contributed by atoms with van der Waals surface area (Å²) >= 11 is 0. The summed E-state index contributed by atoms with van der Waals surface area (Å²) in [6.07, 6.45) is 1.24. The van der Waals surface area contributed by atoms with Crippen LogP contribution in [0.1, 0.15) is 15.9 Å². The van der Waals surface area contributed by atoms with Crippen LogP contribution >= 0.6 is 0 Å². The van der Waals surface area contributed by atoms with E-state index in [1.54, 1.807) is 24.3 Å². The van der Waals surface area contributed by atoms with Gasteiger partial charge in [-0.2, -0.15) is 4.39 Å². The topological polar surface area (TPSA) is 51.2 Å². The lowest BCUT2D eigenvalue weighted by Crippen LogP contribution is -2.22. The van der Waals surface area contributed by atoms with E-state index >= 15 is 0 Å². The second kappa shape index (κ2) is 7.53. The number of halogens is 2.